The second-order valence-electron chi connectivity index (χ2n) is 22.7. The molecular formula is C58H72ClN11O10S. The number of nitrogens with one attached hydrogen (secondary N) is 2. The van der Waals surface area contributed by atoms with Gasteiger partial charge in [-0.3, -0.25) is 43.9 Å². The maximum Gasteiger partial charge on any atom is 0.344 e. The molecule has 1 unspecified atom stereocenters. The monoisotopic (exact) mass is 1150 g/mol. The maximum absolute atomic E-state index is 14.2. The van der Waals surface area contributed by atoms with Crippen molar-refractivity contribution in [3.63, 3.8) is 0 Å². The highest BCUT2D eigenvalue weighted by Gasteiger charge is 2.45. The maximum atomic E-state index is 14.2. The van der Waals surface area contributed by atoms with Gasteiger partial charge in [0.25, 0.3) is 11.8 Å². The highest BCUT2D eigenvalue weighted by Crippen LogP contribution is 2.34. The summed E-state index contributed by atoms with van der Waals surface area (Å²) in [6.07, 6.45) is 0.990. The van der Waals surface area contributed by atoms with Crippen molar-refractivity contribution in [3.8, 4) is 16.2 Å². The number of aliphatic hydroxyl groups is 1. The number of rotatable bonds is 18. The lowest BCUT2D eigenvalue weighted by Gasteiger charge is -2.39. The molecule has 432 valence electrons. The van der Waals surface area contributed by atoms with Gasteiger partial charge in [0.1, 0.15) is 17.8 Å². The van der Waals surface area contributed by atoms with E-state index in [0.29, 0.717) is 69.0 Å². The molecule has 4 aliphatic heterocycles. The highest BCUT2D eigenvalue weighted by atomic mass is 35.5. The molecule has 3 N–H and O–H groups in total. The van der Waals surface area contributed by atoms with Crippen LogP contribution in [-0.2, 0) is 25.7 Å². The van der Waals surface area contributed by atoms with Gasteiger partial charge in [0.15, 0.2) is 6.61 Å². The fraction of sp³-hybridized carbons (Fsp3) is 0.500. The number of thiazole rings is 1. The molecule has 0 radical (unpaired) electrons. The zero-order valence-electron chi connectivity index (χ0n) is 46.6. The fourth-order valence-corrected chi connectivity index (χ4v) is 12.3. The molecule has 23 heteroatoms. The molecule has 2 aromatic heterocycles. The quantitative estimate of drug-likeness (QED) is 0.0718. The van der Waals surface area contributed by atoms with Crippen LogP contribution < -0.4 is 15.4 Å². The van der Waals surface area contributed by atoms with E-state index in [0.717, 1.165) is 65.3 Å². The summed E-state index contributed by atoms with van der Waals surface area (Å²) in [6, 6.07) is 21.2. The number of hydrogen-bond acceptors (Lipinski definition) is 16. The van der Waals surface area contributed by atoms with Gasteiger partial charge in [-0.25, -0.2) is 4.98 Å². The number of piperazine rings is 2. The molecule has 3 aromatic carbocycles. The van der Waals surface area contributed by atoms with Gasteiger partial charge in [-0.1, -0.05) is 86.1 Å². The highest BCUT2D eigenvalue weighted by molar-refractivity contribution is 7.13. The number of likely N-dealkylation sites (tertiary alicyclic amines) is 2. The number of aryl methyl sites for hydroxylation is 2. The summed E-state index contributed by atoms with van der Waals surface area (Å²) in [5, 5.41) is 32.6. The number of nitro groups is 1. The van der Waals surface area contributed by atoms with E-state index >= 15 is 0 Å². The first-order chi connectivity index (χ1) is 38.8. The molecule has 4 atom stereocenters. The number of β-amino-alcohol motifs (C(OH)–C–C–N with tert-alkyl or cyclic N) is 1. The number of piperidine rings is 1. The number of halogens is 1. The Balaban J connectivity index is 0.691. The zero-order valence-corrected chi connectivity index (χ0v) is 48.1. The number of ether oxygens (including phenoxy) is 1. The van der Waals surface area contributed by atoms with E-state index in [-0.39, 0.29) is 67.9 Å². The predicted molar refractivity (Wildman–Crippen MR) is 304 cm³/mol. The molecule has 0 spiro atoms. The summed E-state index contributed by atoms with van der Waals surface area (Å²) < 4.78 is 11.0. The number of amides is 5. The summed E-state index contributed by atoms with van der Waals surface area (Å²) in [7, 11) is 0. The molecule has 9 rings (SSSR count). The number of carbonyl (C=O) groups is 5. The Morgan fingerprint density at radius 1 is 0.864 bits per heavy atom. The third-order valence-corrected chi connectivity index (χ3v) is 17.2. The minimum absolute atomic E-state index is 0.00165. The van der Waals surface area contributed by atoms with Crippen molar-refractivity contribution < 1.29 is 43.3 Å². The molecule has 5 amide bonds. The Labute approximate surface area is 480 Å². The van der Waals surface area contributed by atoms with Crippen LogP contribution in [0.1, 0.15) is 84.7 Å². The van der Waals surface area contributed by atoms with Gasteiger partial charge < -0.3 is 44.6 Å². The summed E-state index contributed by atoms with van der Waals surface area (Å²) in [5.41, 5.74) is 5.31. The predicted octanol–water partition coefficient (Wildman–Crippen LogP) is 5.57. The zero-order chi connectivity index (χ0) is 57.5. The van der Waals surface area contributed by atoms with Crippen LogP contribution >= 0.6 is 22.9 Å². The smallest absolute Gasteiger partial charge is 0.344 e. The van der Waals surface area contributed by atoms with Crippen molar-refractivity contribution in [1.82, 2.24) is 50.2 Å². The van der Waals surface area contributed by atoms with Gasteiger partial charge in [0.2, 0.25) is 29.2 Å². The minimum Gasteiger partial charge on any atom is -0.484 e. The summed E-state index contributed by atoms with van der Waals surface area (Å²) >= 11 is 7.85. The number of benzene rings is 3. The number of hydrogen-bond donors (Lipinski definition) is 3. The van der Waals surface area contributed by atoms with Gasteiger partial charge in [0.05, 0.1) is 39.7 Å². The van der Waals surface area contributed by atoms with E-state index in [1.54, 1.807) is 16.2 Å². The molecule has 4 aliphatic rings. The van der Waals surface area contributed by atoms with Crippen LogP contribution in [0.25, 0.3) is 10.4 Å². The number of aliphatic hydroxyl groups excluding tert-OH is 1. The van der Waals surface area contributed by atoms with E-state index in [9.17, 15) is 39.2 Å². The molecule has 5 aromatic rings. The van der Waals surface area contributed by atoms with Crippen molar-refractivity contribution >= 4 is 58.2 Å². The second kappa shape index (κ2) is 26.0. The lowest BCUT2D eigenvalue weighted by molar-refractivity contribution is -0.386. The molecule has 4 saturated heterocycles. The van der Waals surface area contributed by atoms with Crippen LogP contribution in [0.5, 0.6) is 5.75 Å². The summed E-state index contributed by atoms with van der Waals surface area (Å²) in [4.78, 5) is 96.2. The van der Waals surface area contributed by atoms with Gasteiger partial charge >= 0.3 is 5.69 Å². The molecule has 0 saturated carbocycles. The van der Waals surface area contributed by atoms with Crippen LogP contribution in [0.2, 0.25) is 5.02 Å². The average molecular weight is 1150 g/mol. The molecule has 0 aliphatic carbocycles. The summed E-state index contributed by atoms with van der Waals surface area (Å²) in [5.74, 6) is -0.671. The Morgan fingerprint density at radius 3 is 2.12 bits per heavy atom. The van der Waals surface area contributed by atoms with E-state index in [1.807, 2.05) is 111 Å². The SMILES string of the molecule is Cc1ncsc1-c1ccc(CNC(=O)[C@@H]2C[C@@H](O)CN2C(=O)[C@@H](NC(=O)CN2CCN(CC3CCN(C(=O)COc4ccc(C(c5ccc(Cl)cc5)N5CCN(C(=O)c6noc(C)c6[N+](=O)[O-])CC5)cc4)CC3)CC2)C(C)(C)C)cc1. The third-order valence-electron chi connectivity index (χ3n) is 16.0. The van der Waals surface area contributed by atoms with Crippen molar-refractivity contribution in [1.29, 1.82) is 0 Å². The minimum atomic E-state index is -0.914. The van der Waals surface area contributed by atoms with Crippen LogP contribution in [0.4, 0.5) is 5.69 Å². The average Bonchev–Trinajstić information content (AvgIpc) is 4.20. The molecular weight excluding hydrogens is 1080 g/mol. The van der Waals surface area contributed by atoms with E-state index in [2.05, 4.69) is 35.5 Å². The topological polar surface area (TPSA) is 240 Å². The molecule has 4 fully saturated rings. The lowest BCUT2D eigenvalue weighted by Crippen LogP contribution is -2.59. The van der Waals surface area contributed by atoms with Crippen LogP contribution in [0.15, 0.2) is 82.8 Å². The largest absolute Gasteiger partial charge is 0.484 e. The van der Waals surface area contributed by atoms with Crippen molar-refractivity contribution in [2.45, 2.75) is 84.7 Å². The lowest BCUT2D eigenvalue weighted by atomic mass is 9.85. The number of nitrogens with zero attached hydrogens (tertiary/aromatic N) is 9. The van der Waals surface area contributed by atoms with Gasteiger partial charge in [0, 0.05) is 103 Å². The van der Waals surface area contributed by atoms with Gasteiger partial charge in [-0.05, 0) is 77.6 Å². The van der Waals surface area contributed by atoms with Gasteiger partial charge in [-0.15, -0.1) is 11.3 Å². The van der Waals surface area contributed by atoms with Crippen LogP contribution in [-0.4, -0.2) is 189 Å². The standard InChI is InChI=1S/C58H72ClN11O10S/c1-37-53(81-36-61-37)43-8-6-39(7-9-43)31-60-55(74)47-30-45(71)33-69(47)57(76)54(58(3,4)5)62-48(72)34-65-24-22-64(23-25-65)32-40-18-20-66(21-19-40)49(73)35-79-46-16-12-42(13-17-46)52(41-10-14-44(59)15-11-41)67-26-28-68(29-27-67)56(75)50-51(70(77)78)38(2)80-63-50/h6-17,36,40,45,47,52,54,71H,18-35H2,1-5H3,(H,60,74)(H,62,72)/t45-,47+,52?,54-/m1/s1. The van der Waals surface area contributed by atoms with Crippen LogP contribution in [0.3, 0.4) is 0 Å². The number of aromatic nitrogens is 2. The Hall–Kier alpha value is -6.82. The Kier molecular flexibility index (Phi) is 18.9. The van der Waals surface area contributed by atoms with Crippen molar-refractivity contribution in [2.24, 2.45) is 11.3 Å². The molecule has 21 nitrogen and oxygen atoms in total. The van der Waals surface area contributed by atoms with E-state index in [4.69, 9.17) is 20.9 Å². The van der Waals surface area contributed by atoms with Crippen molar-refractivity contribution in [2.75, 3.05) is 91.7 Å². The first-order valence-electron chi connectivity index (χ1n) is 27.7. The molecule has 81 heavy (non-hydrogen) atoms. The third kappa shape index (κ3) is 14.5. The first-order valence-corrected chi connectivity index (χ1v) is 28.9. The van der Waals surface area contributed by atoms with E-state index in [1.165, 1.54) is 11.8 Å². The fourth-order valence-electron chi connectivity index (χ4n) is 11.3. The second-order valence-corrected chi connectivity index (χ2v) is 24.0. The van der Waals surface area contributed by atoms with Gasteiger partial charge in [-0.2, -0.15) is 0 Å². The Morgan fingerprint density at radius 2 is 1.51 bits per heavy atom. The summed E-state index contributed by atoms with van der Waals surface area (Å²) in [6.45, 7) is 16.1. The van der Waals surface area contributed by atoms with Crippen molar-refractivity contribution in [3.05, 3.63) is 127 Å². The normalized spacial score (nSPS) is 19.5. The van der Waals surface area contributed by atoms with Crippen LogP contribution in [0, 0.1) is 35.3 Å². The Bertz CT molecular complexity index is 3020. The molecule has 6 heterocycles. The van der Waals surface area contributed by atoms with E-state index < -0.39 is 46.0 Å². The number of carbonyl (C=O) groups excluding carboxylic acids is 5. The first kappa shape index (κ1) is 58.8. The molecule has 0 bridgehead atoms.